The van der Waals surface area contributed by atoms with Gasteiger partial charge in [0.2, 0.25) is 0 Å². The summed E-state index contributed by atoms with van der Waals surface area (Å²) in [6.45, 7) is 2.49. The third-order valence-electron chi connectivity index (χ3n) is 4.99. The van der Waals surface area contributed by atoms with E-state index in [4.69, 9.17) is 37.1 Å². The van der Waals surface area contributed by atoms with E-state index in [0.717, 1.165) is 5.69 Å². The zero-order valence-electron chi connectivity index (χ0n) is 17.2. The summed E-state index contributed by atoms with van der Waals surface area (Å²) in [6.07, 6.45) is 0. The SMILES string of the molecule is COC(=O)c1cc(NC(=O)c2ccc(-c3cc(Cl)cc(Cl)c3)o2)ccc1N1CCOCC1. The molecule has 1 saturated heterocycles. The lowest BCUT2D eigenvalue weighted by Crippen LogP contribution is -2.37. The predicted molar refractivity (Wildman–Crippen MR) is 123 cm³/mol. The number of methoxy groups -OCH3 is 1. The molecule has 1 N–H and O–H groups in total. The number of rotatable bonds is 5. The Balaban J connectivity index is 1.55. The average molecular weight is 475 g/mol. The van der Waals surface area contributed by atoms with Gasteiger partial charge in [0.25, 0.3) is 5.91 Å². The van der Waals surface area contributed by atoms with Gasteiger partial charge in [-0.25, -0.2) is 4.79 Å². The number of ether oxygens (including phenoxy) is 2. The molecule has 1 aliphatic rings. The van der Waals surface area contributed by atoms with Crippen molar-refractivity contribution in [2.75, 3.05) is 43.6 Å². The van der Waals surface area contributed by atoms with Crippen LogP contribution < -0.4 is 10.2 Å². The third kappa shape index (κ3) is 4.91. The largest absolute Gasteiger partial charge is 0.465 e. The van der Waals surface area contributed by atoms with Gasteiger partial charge in [-0.1, -0.05) is 23.2 Å². The van der Waals surface area contributed by atoms with Crippen LogP contribution in [0.15, 0.2) is 52.9 Å². The summed E-state index contributed by atoms with van der Waals surface area (Å²) >= 11 is 12.1. The minimum Gasteiger partial charge on any atom is -0.465 e. The van der Waals surface area contributed by atoms with Crippen LogP contribution in [0, 0.1) is 0 Å². The van der Waals surface area contributed by atoms with Gasteiger partial charge in [-0.15, -0.1) is 0 Å². The zero-order chi connectivity index (χ0) is 22.7. The Morgan fingerprint density at radius 1 is 1.00 bits per heavy atom. The normalized spacial score (nSPS) is 13.7. The number of carbonyl (C=O) groups excluding carboxylic acids is 2. The van der Waals surface area contributed by atoms with Crippen molar-refractivity contribution in [2.45, 2.75) is 0 Å². The highest BCUT2D eigenvalue weighted by molar-refractivity contribution is 6.35. The maximum Gasteiger partial charge on any atom is 0.340 e. The van der Waals surface area contributed by atoms with E-state index in [2.05, 4.69) is 10.2 Å². The van der Waals surface area contributed by atoms with Gasteiger partial charge in [0.15, 0.2) is 5.76 Å². The van der Waals surface area contributed by atoms with E-state index < -0.39 is 11.9 Å². The minimum absolute atomic E-state index is 0.105. The van der Waals surface area contributed by atoms with E-state index in [0.29, 0.717) is 58.9 Å². The Morgan fingerprint density at radius 2 is 1.72 bits per heavy atom. The monoisotopic (exact) mass is 474 g/mol. The molecule has 0 atom stereocenters. The summed E-state index contributed by atoms with van der Waals surface area (Å²) in [4.78, 5) is 27.1. The topological polar surface area (TPSA) is 81.0 Å². The molecular weight excluding hydrogens is 455 g/mol. The number of carbonyl (C=O) groups is 2. The van der Waals surface area contributed by atoms with Gasteiger partial charge in [0.05, 0.1) is 31.6 Å². The molecule has 1 aromatic heterocycles. The molecule has 1 fully saturated rings. The molecule has 32 heavy (non-hydrogen) atoms. The van der Waals surface area contributed by atoms with Gasteiger partial charge in [0.1, 0.15) is 5.76 Å². The summed E-state index contributed by atoms with van der Waals surface area (Å²) in [6, 6.07) is 13.3. The fourth-order valence-electron chi connectivity index (χ4n) is 3.47. The maximum atomic E-state index is 12.7. The number of hydrogen-bond donors (Lipinski definition) is 1. The third-order valence-corrected chi connectivity index (χ3v) is 5.42. The highest BCUT2D eigenvalue weighted by Gasteiger charge is 2.21. The lowest BCUT2D eigenvalue weighted by atomic mass is 10.1. The Labute approximate surface area is 194 Å². The van der Waals surface area contributed by atoms with Gasteiger partial charge in [-0.3, -0.25) is 4.79 Å². The van der Waals surface area contributed by atoms with Gasteiger partial charge in [-0.05, 0) is 48.5 Å². The predicted octanol–water partition coefficient (Wildman–Crippen LogP) is 5.13. The molecule has 1 aliphatic heterocycles. The molecule has 7 nitrogen and oxygen atoms in total. The van der Waals surface area contributed by atoms with Crippen molar-refractivity contribution in [1.82, 2.24) is 0 Å². The first-order valence-corrected chi connectivity index (χ1v) is 10.6. The second-order valence-corrected chi connectivity index (χ2v) is 7.97. The van der Waals surface area contributed by atoms with E-state index >= 15 is 0 Å². The molecule has 4 rings (SSSR count). The minimum atomic E-state index is -0.485. The van der Waals surface area contributed by atoms with Crippen LogP contribution in [0.5, 0.6) is 0 Å². The van der Waals surface area contributed by atoms with Crippen molar-refractivity contribution >= 4 is 46.5 Å². The number of benzene rings is 2. The molecule has 0 spiro atoms. The molecule has 0 bridgehead atoms. The smallest absolute Gasteiger partial charge is 0.340 e. The van der Waals surface area contributed by atoms with Gasteiger partial charge in [0, 0.05) is 34.4 Å². The Bertz CT molecular complexity index is 1130. The molecule has 0 unspecified atom stereocenters. The van der Waals surface area contributed by atoms with Crippen LogP contribution >= 0.6 is 23.2 Å². The number of esters is 1. The first-order chi connectivity index (χ1) is 15.4. The number of morpholine rings is 1. The molecule has 1 amide bonds. The van der Waals surface area contributed by atoms with Crippen LogP contribution in [-0.4, -0.2) is 45.3 Å². The number of anilines is 2. The van der Waals surface area contributed by atoms with Crippen molar-refractivity contribution in [1.29, 1.82) is 0 Å². The zero-order valence-corrected chi connectivity index (χ0v) is 18.7. The average Bonchev–Trinajstić information content (AvgIpc) is 3.29. The van der Waals surface area contributed by atoms with E-state index in [-0.39, 0.29) is 5.76 Å². The fourth-order valence-corrected chi connectivity index (χ4v) is 4.00. The van der Waals surface area contributed by atoms with Crippen LogP contribution in [0.2, 0.25) is 10.0 Å². The lowest BCUT2D eigenvalue weighted by molar-refractivity contribution is 0.0600. The van der Waals surface area contributed by atoms with Crippen LogP contribution in [0.25, 0.3) is 11.3 Å². The maximum absolute atomic E-state index is 12.7. The molecule has 2 heterocycles. The second kappa shape index (κ2) is 9.65. The van der Waals surface area contributed by atoms with Gasteiger partial charge < -0.3 is 24.1 Å². The van der Waals surface area contributed by atoms with Crippen molar-refractivity contribution in [3.8, 4) is 11.3 Å². The Kier molecular flexibility index (Phi) is 6.69. The quantitative estimate of drug-likeness (QED) is 0.516. The van der Waals surface area contributed by atoms with Crippen molar-refractivity contribution in [3.05, 3.63) is 69.9 Å². The highest BCUT2D eigenvalue weighted by Crippen LogP contribution is 2.30. The first kappa shape index (κ1) is 22.2. The fraction of sp³-hybridized carbons (Fsp3) is 0.217. The Morgan fingerprint density at radius 3 is 2.41 bits per heavy atom. The number of hydrogen-bond acceptors (Lipinski definition) is 6. The number of nitrogens with zero attached hydrogens (tertiary/aromatic N) is 1. The second-order valence-electron chi connectivity index (χ2n) is 7.10. The van der Waals surface area contributed by atoms with Crippen LogP contribution in [0.3, 0.4) is 0 Å². The summed E-state index contributed by atoms with van der Waals surface area (Å²) in [5.74, 6) is -0.384. The van der Waals surface area contributed by atoms with E-state index in [9.17, 15) is 9.59 Å². The van der Waals surface area contributed by atoms with Crippen LogP contribution in [0.4, 0.5) is 11.4 Å². The molecule has 166 valence electrons. The first-order valence-electron chi connectivity index (χ1n) is 9.87. The van der Waals surface area contributed by atoms with Crippen molar-refractivity contribution in [2.24, 2.45) is 0 Å². The van der Waals surface area contributed by atoms with Crippen LogP contribution in [-0.2, 0) is 9.47 Å². The molecular formula is C23H20Cl2N2O5. The molecule has 0 radical (unpaired) electrons. The Hall–Kier alpha value is -3.00. The van der Waals surface area contributed by atoms with Crippen molar-refractivity contribution in [3.63, 3.8) is 0 Å². The number of halogens is 2. The van der Waals surface area contributed by atoms with E-state index in [1.807, 2.05) is 0 Å². The molecule has 2 aromatic carbocycles. The summed E-state index contributed by atoms with van der Waals surface area (Å²) in [7, 11) is 1.32. The van der Waals surface area contributed by atoms with E-state index in [1.54, 1.807) is 48.5 Å². The molecule has 0 saturated carbocycles. The molecule has 0 aliphatic carbocycles. The molecule has 3 aromatic rings. The number of amides is 1. The van der Waals surface area contributed by atoms with Crippen molar-refractivity contribution < 1.29 is 23.5 Å². The summed E-state index contributed by atoms with van der Waals surface area (Å²) in [5, 5.41) is 3.69. The van der Waals surface area contributed by atoms with E-state index in [1.165, 1.54) is 7.11 Å². The number of nitrogens with one attached hydrogen (secondary N) is 1. The summed E-state index contributed by atoms with van der Waals surface area (Å²) in [5.41, 5.74) is 2.19. The standard InChI is InChI=1S/C23H20Cl2N2O5/c1-30-23(29)18-13-17(2-3-19(18)27-6-8-31-9-7-27)26-22(28)21-5-4-20(32-21)14-10-15(24)12-16(25)11-14/h2-5,10-13H,6-9H2,1H3,(H,26,28). The molecule has 9 heteroatoms. The lowest BCUT2D eigenvalue weighted by Gasteiger charge is -2.30. The van der Waals surface area contributed by atoms with Gasteiger partial charge >= 0.3 is 5.97 Å². The highest BCUT2D eigenvalue weighted by atomic mass is 35.5. The number of furan rings is 1. The summed E-state index contributed by atoms with van der Waals surface area (Å²) < 4.78 is 16.0. The van der Waals surface area contributed by atoms with Gasteiger partial charge in [-0.2, -0.15) is 0 Å². The van der Waals surface area contributed by atoms with Crippen LogP contribution in [0.1, 0.15) is 20.9 Å².